The number of ether oxygens (including phenoxy) is 2. The van der Waals surface area contributed by atoms with Gasteiger partial charge in [-0.2, -0.15) is 0 Å². The Balaban J connectivity index is 1.76. The molecule has 1 saturated heterocycles. The van der Waals surface area contributed by atoms with Crippen molar-refractivity contribution < 1.29 is 19.1 Å². The highest BCUT2D eigenvalue weighted by atomic mass is 32.1. The number of nitrogens with zero attached hydrogens (tertiary/aromatic N) is 1. The van der Waals surface area contributed by atoms with E-state index in [2.05, 4.69) is 10.2 Å². The van der Waals surface area contributed by atoms with E-state index in [0.717, 1.165) is 10.4 Å². The molecule has 1 amide bonds. The number of anilines is 1. The van der Waals surface area contributed by atoms with Crippen LogP contribution in [0.4, 0.5) is 5.00 Å². The molecule has 0 saturated carbocycles. The number of rotatable bonds is 6. The molecular weight excluding hydrogens is 376 g/mol. The summed E-state index contributed by atoms with van der Waals surface area (Å²) in [5.41, 5.74) is 1.39. The Bertz CT molecular complexity index is 811. The molecule has 28 heavy (non-hydrogen) atoms. The fraction of sp³-hybridized carbons (Fsp3) is 0.429. The molecule has 0 aliphatic carbocycles. The van der Waals surface area contributed by atoms with E-state index >= 15 is 0 Å². The lowest BCUT2D eigenvalue weighted by Gasteiger charge is -2.34. The Hall–Kier alpha value is -2.22. The number of carbonyl (C=O) groups excluding carboxylic acids is 2. The summed E-state index contributed by atoms with van der Waals surface area (Å²) in [4.78, 5) is 28.0. The quantitative estimate of drug-likeness (QED) is 0.747. The number of thiophene rings is 1. The first-order chi connectivity index (χ1) is 13.5. The van der Waals surface area contributed by atoms with Gasteiger partial charge in [0.05, 0.1) is 30.9 Å². The maximum Gasteiger partial charge on any atom is 0.341 e. The SMILES string of the molecule is CCOC(=O)c1cc(-c2ccccc2)sc1NC(=O)CN1C[C@@H](C)O[C@@H](C)C1. The van der Waals surface area contributed by atoms with Crippen molar-refractivity contribution in [2.24, 2.45) is 0 Å². The predicted molar refractivity (Wildman–Crippen MR) is 111 cm³/mol. The summed E-state index contributed by atoms with van der Waals surface area (Å²) < 4.78 is 10.9. The average Bonchev–Trinajstić information content (AvgIpc) is 3.05. The summed E-state index contributed by atoms with van der Waals surface area (Å²) >= 11 is 1.38. The standard InChI is InChI=1S/C21H26N2O4S/c1-4-26-21(25)17-10-18(16-8-6-5-7-9-16)28-20(17)22-19(24)13-23-11-14(2)27-15(3)12-23/h5-10,14-15H,4,11-13H2,1-3H3,(H,22,24)/t14-,15+. The topological polar surface area (TPSA) is 67.9 Å². The zero-order valence-electron chi connectivity index (χ0n) is 16.4. The zero-order chi connectivity index (χ0) is 20.1. The monoisotopic (exact) mass is 402 g/mol. The fourth-order valence-electron chi connectivity index (χ4n) is 3.37. The molecule has 7 heteroatoms. The van der Waals surface area contributed by atoms with E-state index in [0.29, 0.717) is 23.7 Å². The number of hydrogen-bond acceptors (Lipinski definition) is 6. The second-order valence-corrected chi connectivity index (χ2v) is 7.99. The molecule has 2 aromatic rings. The van der Waals surface area contributed by atoms with Crippen molar-refractivity contribution in [1.29, 1.82) is 0 Å². The molecule has 1 aromatic carbocycles. The second-order valence-electron chi connectivity index (χ2n) is 6.94. The van der Waals surface area contributed by atoms with E-state index in [1.807, 2.05) is 44.2 Å². The molecule has 1 aliphatic rings. The molecular formula is C21H26N2O4S. The molecule has 1 fully saturated rings. The Morgan fingerprint density at radius 3 is 2.54 bits per heavy atom. The lowest BCUT2D eigenvalue weighted by molar-refractivity contribution is -0.121. The molecule has 6 nitrogen and oxygen atoms in total. The Morgan fingerprint density at radius 2 is 1.89 bits per heavy atom. The summed E-state index contributed by atoms with van der Waals surface area (Å²) in [6.07, 6.45) is 0.191. The first kappa shape index (κ1) is 20.5. The van der Waals surface area contributed by atoms with Gasteiger partial charge >= 0.3 is 5.97 Å². The molecule has 0 bridgehead atoms. The van der Waals surface area contributed by atoms with Gasteiger partial charge in [-0.05, 0) is 32.4 Å². The molecule has 1 N–H and O–H groups in total. The van der Waals surface area contributed by atoms with Crippen LogP contribution in [-0.4, -0.2) is 55.2 Å². The number of benzene rings is 1. The highest BCUT2D eigenvalue weighted by molar-refractivity contribution is 7.20. The van der Waals surface area contributed by atoms with Crippen LogP contribution < -0.4 is 5.32 Å². The van der Waals surface area contributed by atoms with Crippen molar-refractivity contribution in [2.75, 3.05) is 31.6 Å². The van der Waals surface area contributed by atoms with Crippen molar-refractivity contribution in [2.45, 2.75) is 33.0 Å². The van der Waals surface area contributed by atoms with Gasteiger partial charge in [-0.25, -0.2) is 4.79 Å². The number of carbonyl (C=O) groups is 2. The third-order valence-electron chi connectivity index (χ3n) is 4.40. The number of esters is 1. The van der Waals surface area contributed by atoms with Gasteiger partial charge in [0, 0.05) is 18.0 Å². The van der Waals surface area contributed by atoms with Crippen molar-refractivity contribution in [1.82, 2.24) is 4.90 Å². The van der Waals surface area contributed by atoms with Crippen LogP contribution in [-0.2, 0) is 14.3 Å². The summed E-state index contributed by atoms with van der Waals surface area (Å²) in [6, 6.07) is 11.6. The minimum Gasteiger partial charge on any atom is -0.462 e. The van der Waals surface area contributed by atoms with E-state index in [-0.39, 0.29) is 31.3 Å². The van der Waals surface area contributed by atoms with Gasteiger partial charge in [0.15, 0.2) is 0 Å². The van der Waals surface area contributed by atoms with Crippen LogP contribution in [0, 0.1) is 0 Å². The molecule has 0 radical (unpaired) electrons. The van der Waals surface area contributed by atoms with E-state index in [9.17, 15) is 9.59 Å². The van der Waals surface area contributed by atoms with Crippen molar-refractivity contribution in [3.05, 3.63) is 42.0 Å². The number of morpholine rings is 1. The molecule has 0 unspecified atom stereocenters. The molecule has 3 rings (SSSR count). The van der Waals surface area contributed by atoms with Crippen LogP contribution in [0.15, 0.2) is 36.4 Å². The van der Waals surface area contributed by atoms with Crippen molar-refractivity contribution in [3.63, 3.8) is 0 Å². The Kier molecular flexibility index (Phi) is 6.83. The third-order valence-corrected chi connectivity index (χ3v) is 5.50. The normalized spacial score (nSPS) is 20.0. The highest BCUT2D eigenvalue weighted by Crippen LogP contribution is 2.36. The van der Waals surface area contributed by atoms with Crippen LogP contribution in [0.5, 0.6) is 0 Å². The van der Waals surface area contributed by atoms with Crippen LogP contribution in [0.3, 0.4) is 0 Å². The number of nitrogens with one attached hydrogen (secondary N) is 1. The summed E-state index contributed by atoms with van der Waals surface area (Å²) in [5, 5.41) is 3.44. The van der Waals surface area contributed by atoms with Crippen LogP contribution in [0.2, 0.25) is 0 Å². The predicted octanol–water partition coefficient (Wildman–Crippen LogP) is 3.64. The minimum absolute atomic E-state index is 0.0954. The van der Waals surface area contributed by atoms with Crippen LogP contribution in [0.25, 0.3) is 10.4 Å². The van der Waals surface area contributed by atoms with E-state index in [1.54, 1.807) is 13.0 Å². The second kappa shape index (κ2) is 9.32. The maximum atomic E-state index is 12.6. The highest BCUT2D eigenvalue weighted by Gasteiger charge is 2.25. The smallest absolute Gasteiger partial charge is 0.341 e. The average molecular weight is 403 g/mol. The molecule has 1 aromatic heterocycles. The van der Waals surface area contributed by atoms with Gasteiger partial charge in [-0.15, -0.1) is 11.3 Å². The first-order valence-electron chi connectivity index (χ1n) is 9.50. The molecule has 2 heterocycles. The number of hydrogen-bond donors (Lipinski definition) is 1. The van der Waals surface area contributed by atoms with Gasteiger partial charge < -0.3 is 14.8 Å². The van der Waals surface area contributed by atoms with Gasteiger partial charge in [-0.3, -0.25) is 9.69 Å². The first-order valence-corrected chi connectivity index (χ1v) is 10.3. The third kappa shape index (κ3) is 5.19. The van der Waals surface area contributed by atoms with Gasteiger partial charge in [0.2, 0.25) is 5.91 Å². The maximum absolute atomic E-state index is 12.6. The van der Waals surface area contributed by atoms with Crippen LogP contribution in [0.1, 0.15) is 31.1 Å². The lowest BCUT2D eigenvalue weighted by Crippen LogP contribution is -2.48. The Labute approximate surface area is 169 Å². The fourth-order valence-corrected chi connectivity index (χ4v) is 4.44. The van der Waals surface area contributed by atoms with Gasteiger partial charge in [0.1, 0.15) is 5.00 Å². The van der Waals surface area contributed by atoms with E-state index in [1.165, 1.54) is 11.3 Å². The van der Waals surface area contributed by atoms with E-state index < -0.39 is 5.97 Å². The lowest BCUT2D eigenvalue weighted by atomic mass is 10.1. The summed E-state index contributed by atoms with van der Waals surface area (Å²) in [7, 11) is 0. The van der Waals surface area contributed by atoms with Crippen molar-refractivity contribution >= 4 is 28.2 Å². The zero-order valence-corrected chi connectivity index (χ0v) is 17.3. The largest absolute Gasteiger partial charge is 0.462 e. The molecule has 0 spiro atoms. The van der Waals surface area contributed by atoms with Gasteiger partial charge in [-0.1, -0.05) is 30.3 Å². The summed E-state index contributed by atoms with van der Waals surface area (Å²) in [5.74, 6) is -0.571. The number of amides is 1. The van der Waals surface area contributed by atoms with Crippen LogP contribution >= 0.6 is 11.3 Å². The van der Waals surface area contributed by atoms with Gasteiger partial charge in [0.25, 0.3) is 0 Å². The Morgan fingerprint density at radius 1 is 1.21 bits per heavy atom. The molecule has 1 aliphatic heterocycles. The summed E-state index contributed by atoms with van der Waals surface area (Å²) in [6.45, 7) is 7.74. The van der Waals surface area contributed by atoms with Crippen molar-refractivity contribution in [3.8, 4) is 10.4 Å². The molecule has 150 valence electrons. The molecule has 2 atom stereocenters. The minimum atomic E-state index is -0.426. The van der Waals surface area contributed by atoms with E-state index in [4.69, 9.17) is 9.47 Å².